The molecule has 0 aromatic carbocycles. The van der Waals surface area contributed by atoms with Gasteiger partial charge in [-0.3, -0.25) is 9.78 Å². The van der Waals surface area contributed by atoms with Crippen molar-refractivity contribution >= 4 is 17.1 Å². The van der Waals surface area contributed by atoms with Gasteiger partial charge >= 0.3 is 0 Å². The van der Waals surface area contributed by atoms with Crippen molar-refractivity contribution in [3.8, 4) is 11.1 Å². The molecular formula is C11H9NOS. The van der Waals surface area contributed by atoms with Gasteiger partial charge in [-0.15, -0.1) is 11.3 Å². The van der Waals surface area contributed by atoms with Crippen LogP contribution < -0.4 is 0 Å². The maximum absolute atomic E-state index is 11.1. The fourth-order valence-corrected chi connectivity index (χ4v) is 2.02. The van der Waals surface area contributed by atoms with Crippen molar-refractivity contribution in [2.24, 2.45) is 0 Å². The van der Waals surface area contributed by atoms with E-state index in [1.54, 1.807) is 19.3 Å². The molecule has 0 spiro atoms. The lowest BCUT2D eigenvalue weighted by Gasteiger charge is -1.93. The first kappa shape index (κ1) is 9.09. The number of rotatable bonds is 2. The van der Waals surface area contributed by atoms with Gasteiger partial charge in [0.15, 0.2) is 5.78 Å². The van der Waals surface area contributed by atoms with Crippen LogP contribution in [0.1, 0.15) is 16.6 Å². The molecule has 0 unspecified atom stereocenters. The van der Waals surface area contributed by atoms with Crippen molar-refractivity contribution < 1.29 is 4.79 Å². The Bertz CT molecular complexity index is 447. The number of ketones is 1. The van der Waals surface area contributed by atoms with Gasteiger partial charge in [0.25, 0.3) is 0 Å². The van der Waals surface area contributed by atoms with Crippen LogP contribution >= 0.6 is 11.3 Å². The van der Waals surface area contributed by atoms with E-state index < -0.39 is 0 Å². The second-order valence-electron chi connectivity index (χ2n) is 3.00. The molecule has 2 aromatic rings. The second-order valence-corrected chi connectivity index (χ2v) is 3.91. The Labute approximate surface area is 86.2 Å². The van der Waals surface area contributed by atoms with E-state index in [9.17, 15) is 4.79 Å². The zero-order chi connectivity index (χ0) is 9.97. The molecule has 2 nitrogen and oxygen atoms in total. The third-order valence-corrected chi connectivity index (χ3v) is 2.97. The van der Waals surface area contributed by atoms with Crippen molar-refractivity contribution in [1.29, 1.82) is 0 Å². The molecule has 0 radical (unpaired) electrons. The minimum atomic E-state index is 0.116. The number of thiophene rings is 1. The largest absolute Gasteiger partial charge is 0.294 e. The summed E-state index contributed by atoms with van der Waals surface area (Å²) in [5.41, 5.74) is 2.12. The highest BCUT2D eigenvalue weighted by Crippen LogP contribution is 2.24. The van der Waals surface area contributed by atoms with Crippen molar-refractivity contribution in [1.82, 2.24) is 4.98 Å². The molecule has 0 N–H and O–H groups in total. The van der Waals surface area contributed by atoms with Gasteiger partial charge < -0.3 is 0 Å². The number of pyridine rings is 1. The molecule has 0 aliphatic rings. The number of carbonyl (C=O) groups excluding carboxylic acids is 1. The zero-order valence-corrected chi connectivity index (χ0v) is 8.54. The standard InChI is InChI=1S/C11H9NOS/c1-8(13)11-5-10(7-14-11)9-3-2-4-12-6-9/h2-7H,1H3. The molecule has 70 valence electrons. The summed E-state index contributed by atoms with van der Waals surface area (Å²) in [5.74, 6) is 0.116. The minimum absolute atomic E-state index is 0.116. The summed E-state index contributed by atoms with van der Waals surface area (Å²) in [6.45, 7) is 1.58. The third-order valence-electron chi connectivity index (χ3n) is 1.94. The lowest BCUT2D eigenvalue weighted by atomic mass is 10.1. The number of carbonyl (C=O) groups is 1. The van der Waals surface area contributed by atoms with Gasteiger partial charge in [0.2, 0.25) is 0 Å². The van der Waals surface area contributed by atoms with Gasteiger partial charge in [-0.1, -0.05) is 6.07 Å². The first-order valence-corrected chi connectivity index (χ1v) is 5.15. The van der Waals surface area contributed by atoms with Crippen LogP contribution in [-0.2, 0) is 0 Å². The average Bonchev–Trinajstić information content (AvgIpc) is 2.68. The number of Topliss-reactive ketones (excluding diaryl/α,β-unsaturated/α-hetero) is 1. The van der Waals surface area contributed by atoms with E-state index in [0.29, 0.717) is 0 Å². The van der Waals surface area contributed by atoms with Crippen molar-refractivity contribution in [2.45, 2.75) is 6.92 Å². The first-order chi connectivity index (χ1) is 6.77. The quantitative estimate of drug-likeness (QED) is 0.702. The van der Waals surface area contributed by atoms with Crippen molar-refractivity contribution in [3.63, 3.8) is 0 Å². The summed E-state index contributed by atoms with van der Waals surface area (Å²) in [6.07, 6.45) is 3.54. The normalized spacial score (nSPS) is 10.1. The smallest absolute Gasteiger partial charge is 0.169 e. The number of hydrogen-bond donors (Lipinski definition) is 0. The van der Waals surface area contributed by atoms with Crippen molar-refractivity contribution in [3.05, 3.63) is 40.8 Å². The van der Waals surface area contributed by atoms with E-state index >= 15 is 0 Å². The van der Waals surface area contributed by atoms with E-state index in [1.165, 1.54) is 11.3 Å². The molecule has 0 atom stereocenters. The highest BCUT2D eigenvalue weighted by atomic mass is 32.1. The van der Waals surface area contributed by atoms with Crippen LogP contribution in [0.25, 0.3) is 11.1 Å². The monoisotopic (exact) mass is 203 g/mol. The molecule has 0 aliphatic heterocycles. The Balaban J connectivity index is 2.39. The van der Waals surface area contributed by atoms with E-state index in [1.807, 2.05) is 23.6 Å². The first-order valence-electron chi connectivity index (χ1n) is 4.27. The average molecular weight is 203 g/mol. The molecule has 2 heterocycles. The Morgan fingerprint density at radius 3 is 2.86 bits per heavy atom. The third kappa shape index (κ3) is 1.72. The minimum Gasteiger partial charge on any atom is -0.294 e. The highest BCUT2D eigenvalue weighted by Gasteiger charge is 2.05. The maximum atomic E-state index is 11.1. The summed E-state index contributed by atoms with van der Waals surface area (Å²) in [7, 11) is 0. The Kier molecular flexibility index (Phi) is 2.41. The second kappa shape index (κ2) is 3.72. The molecule has 0 amide bonds. The SMILES string of the molecule is CC(=O)c1cc(-c2cccnc2)cs1. The maximum Gasteiger partial charge on any atom is 0.169 e. The van der Waals surface area contributed by atoms with E-state index in [0.717, 1.165) is 16.0 Å². The molecule has 14 heavy (non-hydrogen) atoms. The molecule has 0 saturated carbocycles. The number of aromatic nitrogens is 1. The molecule has 3 heteroatoms. The molecule has 2 rings (SSSR count). The van der Waals surface area contributed by atoms with Crippen LogP contribution in [0, 0.1) is 0 Å². The Morgan fingerprint density at radius 1 is 1.43 bits per heavy atom. The highest BCUT2D eigenvalue weighted by molar-refractivity contribution is 7.12. The molecular weight excluding hydrogens is 194 g/mol. The fourth-order valence-electron chi connectivity index (χ4n) is 1.21. The summed E-state index contributed by atoms with van der Waals surface area (Å²) in [5, 5.41) is 1.98. The van der Waals surface area contributed by atoms with Gasteiger partial charge in [0, 0.05) is 18.0 Å². The van der Waals surface area contributed by atoms with Gasteiger partial charge in [-0.2, -0.15) is 0 Å². The van der Waals surface area contributed by atoms with Gasteiger partial charge in [-0.25, -0.2) is 0 Å². The summed E-state index contributed by atoms with van der Waals surface area (Å²) in [4.78, 5) is 15.9. The van der Waals surface area contributed by atoms with E-state index in [-0.39, 0.29) is 5.78 Å². The van der Waals surface area contributed by atoms with Crippen LogP contribution in [0.5, 0.6) is 0 Å². The van der Waals surface area contributed by atoms with E-state index in [2.05, 4.69) is 4.98 Å². The van der Waals surface area contributed by atoms with E-state index in [4.69, 9.17) is 0 Å². The van der Waals surface area contributed by atoms with Gasteiger partial charge in [-0.05, 0) is 30.0 Å². The molecule has 2 aromatic heterocycles. The summed E-state index contributed by atoms with van der Waals surface area (Å²) >= 11 is 1.48. The van der Waals surface area contributed by atoms with Crippen molar-refractivity contribution in [2.75, 3.05) is 0 Å². The predicted molar refractivity (Wildman–Crippen MR) is 57.6 cm³/mol. The molecule has 0 saturated heterocycles. The number of hydrogen-bond acceptors (Lipinski definition) is 3. The predicted octanol–water partition coefficient (Wildman–Crippen LogP) is 3.01. The molecule has 0 bridgehead atoms. The summed E-state index contributed by atoms with van der Waals surface area (Å²) in [6, 6.07) is 5.78. The van der Waals surface area contributed by atoms with Crippen LogP contribution in [0.15, 0.2) is 36.0 Å². The zero-order valence-electron chi connectivity index (χ0n) is 7.73. The molecule has 0 aliphatic carbocycles. The lowest BCUT2D eigenvalue weighted by molar-refractivity contribution is 0.102. The van der Waals surface area contributed by atoms with Crippen LogP contribution in [0.4, 0.5) is 0 Å². The topological polar surface area (TPSA) is 30.0 Å². The Hall–Kier alpha value is -1.48. The fraction of sp³-hybridized carbons (Fsp3) is 0.0909. The lowest BCUT2D eigenvalue weighted by Crippen LogP contribution is -1.84. The molecule has 0 fully saturated rings. The van der Waals surface area contributed by atoms with Gasteiger partial charge in [0.05, 0.1) is 4.88 Å². The van der Waals surface area contributed by atoms with Crippen LogP contribution in [0.3, 0.4) is 0 Å². The van der Waals surface area contributed by atoms with Crippen LogP contribution in [0.2, 0.25) is 0 Å². The van der Waals surface area contributed by atoms with Gasteiger partial charge in [0.1, 0.15) is 0 Å². The number of nitrogens with zero attached hydrogens (tertiary/aromatic N) is 1. The summed E-state index contributed by atoms with van der Waals surface area (Å²) < 4.78 is 0. The Morgan fingerprint density at radius 2 is 2.29 bits per heavy atom. The van der Waals surface area contributed by atoms with Crippen LogP contribution in [-0.4, -0.2) is 10.8 Å².